The van der Waals surface area contributed by atoms with E-state index in [9.17, 15) is 13.2 Å². The number of nitrogens with one attached hydrogen (secondary N) is 1. The van der Waals surface area contributed by atoms with Crippen molar-refractivity contribution in [1.29, 1.82) is 0 Å². The number of hydrogen-bond donors (Lipinski definition) is 1. The summed E-state index contributed by atoms with van der Waals surface area (Å²) in [6, 6.07) is 11.5. The molecule has 1 aromatic carbocycles. The quantitative estimate of drug-likeness (QED) is 0.693. The van der Waals surface area contributed by atoms with Crippen LogP contribution in [0.1, 0.15) is 24.3 Å². The van der Waals surface area contributed by atoms with Crippen LogP contribution in [-0.4, -0.2) is 55.2 Å². The number of benzene rings is 1. The van der Waals surface area contributed by atoms with E-state index >= 15 is 0 Å². The molecule has 3 aromatic rings. The number of H-pyrrole nitrogens is 1. The molecule has 0 spiro atoms. The fraction of sp³-hybridized carbons (Fsp3) is 0.350. The molecule has 28 heavy (non-hydrogen) atoms. The Bertz CT molecular complexity index is 1070. The molecule has 0 unspecified atom stereocenters. The van der Waals surface area contributed by atoms with Crippen molar-refractivity contribution in [3.8, 4) is 0 Å². The van der Waals surface area contributed by atoms with E-state index in [-0.39, 0.29) is 16.7 Å². The van der Waals surface area contributed by atoms with Crippen LogP contribution >= 0.6 is 11.3 Å². The topological polar surface area (TPSA) is 73.5 Å². The molecule has 0 aliphatic carbocycles. The van der Waals surface area contributed by atoms with Gasteiger partial charge in [0.2, 0.25) is 5.91 Å². The first kappa shape index (κ1) is 19.2. The molecular formula is C20H23N3O3S2. The second kappa shape index (κ2) is 7.69. The molecule has 1 fully saturated rings. The molecule has 0 bridgehead atoms. The molecule has 0 saturated carbocycles. The molecule has 148 valence electrons. The first-order chi connectivity index (χ1) is 13.5. The molecule has 0 radical (unpaired) electrons. The summed E-state index contributed by atoms with van der Waals surface area (Å²) in [6.45, 7) is 1.17. The summed E-state index contributed by atoms with van der Waals surface area (Å²) in [7, 11) is -2.14. The van der Waals surface area contributed by atoms with Crippen LogP contribution in [0, 0.1) is 0 Å². The lowest BCUT2D eigenvalue weighted by Gasteiger charge is -2.33. The summed E-state index contributed by atoms with van der Waals surface area (Å²) < 4.78 is 26.4. The maximum absolute atomic E-state index is 12.6. The zero-order valence-electron chi connectivity index (χ0n) is 15.7. The second-order valence-electron chi connectivity index (χ2n) is 7.14. The van der Waals surface area contributed by atoms with E-state index in [1.54, 1.807) is 22.4 Å². The number of aromatic nitrogens is 1. The Kier molecular flexibility index (Phi) is 5.27. The normalized spacial score (nSPS) is 16.1. The molecule has 1 aliphatic heterocycles. The van der Waals surface area contributed by atoms with Gasteiger partial charge in [-0.2, -0.15) is 4.31 Å². The number of piperidine rings is 1. The van der Waals surface area contributed by atoms with E-state index in [0.717, 1.165) is 34.0 Å². The molecule has 1 aliphatic rings. The van der Waals surface area contributed by atoms with Gasteiger partial charge in [0, 0.05) is 37.2 Å². The van der Waals surface area contributed by atoms with Gasteiger partial charge in [0.05, 0.1) is 6.54 Å². The van der Waals surface area contributed by atoms with Crippen LogP contribution in [0.5, 0.6) is 0 Å². The molecule has 8 heteroatoms. The van der Waals surface area contributed by atoms with Crippen molar-refractivity contribution in [1.82, 2.24) is 14.2 Å². The highest BCUT2D eigenvalue weighted by Gasteiger charge is 2.29. The van der Waals surface area contributed by atoms with E-state index in [1.807, 2.05) is 12.1 Å². The van der Waals surface area contributed by atoms with Crippen molar-refractivity contribution in [2.24, 2.45) is 0 Å². The third-order valence-electron chi connectivity index (χ3n) is 5.43. The minimum atomic E-state index is -3.60. The van der Waals surface area contributed by atoms with Crippen LogP contribution in [-0.2, 0) is 14.8 Å². The molecule has 4 rings (SSSR count). The van der Waals surface area contributed by atoms with E-state index in [4.69, 9.17) is 0 Å². The number of hydrogen-bond acceptors (Lipinski definition) is 4. The number of sulfonamides is 1. The van der Waals surface area contributed by atoms with Crippen LogP contribution in [0.3, 0.4) is 0 Å². The third-order valence-corrected chi connectivity index (χ3v) is 8.60. The first-order valence-corrected chi connectivity index (χ1v) is 11.6. The van der Waals surface area contributed by atoms with Gasteiger partial charge in [-0.1, -0.05) is 24.3 Å². The Morgan fingerprint density at radius 1 is 1.21 bits per heavy atom. The molecular weight excluding hydrogens is 394 g/mol. The number of rotatable bonds is 5. The second-order valence-corrected chi connectivity index (χ2v) is 10.4. The summed E-state index contributed by atoms with van der Waals surface area (Å²) in [5, 5.41) is 2.96. The molecule has 6 nitrogen and oxygen atoms in total. The van der Waals surface area contributed by atoms with Crippen molar-refractivity contribution < 1.29 is 13.2 Å². The van der Waals surface area contributed by atoms with Gasteiger partial charge in [-0.25, -0.2) is 8.42 Å². The van der Waals surface area contributed by atoms with E-state index < -0.39 is 10.0 Å². The lowest BCUT2D eigenvalue weighted by Crippen LogP contribution is -2.44. The number of aromatic amines is 1. The summed E-state index contributed by atoms with van der Waals surface area (Å²) >= 11 is 1.16. The molecule has 3 heterocycles. The van der Waals surface area contributed by atoms with Crippen molar-refractivity contribution in [2.45, 2.75) is 23.0 Å². The number of para-hydroxylation sites is 1. The lowest BCUT2D eigenvalue weighted by atomic mass is 9.89. The van der Waals surface area contributed by atoms with E-state index in [1.165, 1.54) is 18.0 Å². The third kappa shape index (κ3) is 3.59. The zero-order chi connectivity index (χ0) is 19.7. The number of carbonyl (C=O) groups is 1. The minimum Gasteiger partial charge on any atom is -0.361 e. The van der Waals surface area contributed by atoms with Crippen LogP contribution in [0.4, 0.5) is 0 Å². The van der Waals surface area contributed by atoms with Gasteiger partial charge in [0.15, 0.2) is 0 Å². The van der Waals surface area contributed by atoms with Gasteiger partial charge in [0.1, 0.15) is 4.21 Å². The Morgan fingerprint density at radius 2 is 1.96 bits per heavy atom. The van der Waals surface area contributed by atoms with Crippen molar-refractivity contribution in [3.63, 3.8) is 0 Å². The summed E-state index contributed by atoms with van der Waals surface area (Å²) in [5.74, 6) is 0.271. The Hall–Kier alpha value is -2.16. The van der Waals surface area contributed by atoms with Gasteiger partial charge in [0.25, 0.3) is 10.0 Å². The maximum atomic E-state index is 12.6. The predicted octanol–water partition coefficient (Wildman–Crippen LogP) is 3.26. The maximum Gasteiger partial charge on any atom is 0.252 e. The van der Waals surface area contributed by atoms with Crippen LogP contribution < -0.4 is 0 Å². The Morgan fingerprint density at radius 3 is 2.68 bits per heavy atom. The monoisotopic (exact) mass is 417 g/mol. The summed E-state index contributed by atoms with van der Waals surface area (Å²) in [6.07, 6.45) is 3.85. The van der Waals surface area contributed by atoms with Gasteiger partial charge in [-0.05, 0) is 41.8 Å². The van der Waals surface area contributed by atoms with Gasteiger partial charge in [-0.15, -0.1) is 11.3 Å². The molecule has 0 atom stereocenters. The fourth-order valence-electron chi connectivity index (χ4n) is 3.81. The molecule has 1 saturated heterocycles. The van der Waals surface area contributed by atoms with Gasteiger partial charge < -0.3 is 9.88 Å². The largest absolute Gasteiger partial charge is 0.361 e. The van der Waals surface area contributed by atoms with Gasteiger partial charge >= 0.3 is 0 Å². The zero-order valence-corrected chi connectivity index (χ0v) is 17.3. The molecule has 1 N–H and O–H groups in total. The molecule has 1 amide bonds. The highest BCUT2D eigenvalue weighted by molar-refractivity contribution is 7.91. The Labute approximate surface area is 168 Å². The fourth-order valence-corrected chi connectivity index (χ4v) is 6.13. The van der Waals surface area contributed by atoms with E-state index in [2.05, 4.69) is 23.3 Å². The minimum absolute atomic E-state index is 0.127. The molecule has 2 aromatic heterocycles. The standard InChI is InChI=1S/C20H23N3O3S2/c1-22(28(25,26)20-7-4-12-27-20)14-19(24)23-10-8-15(9-11-23)17-13-21-18-6-3-2-5-16(17)18/h2-7,12-13,15,21H,8-11,14H2,1H3. The number of amides is 1. The lowest BCUT2D eigenvalue weighted by molar-refractivity contribution is -0.132. The van der Waals surface area contributed by atoms with Crippen molar-refractivity contribution >= 4 is 38.2 Å². The van der Waals surface area contributed by atoms with E-state index in [0.29, 0.717) is 19.0 Å². The smallest absolute Gasteiger partial charge is 0.252 e. The van der Waals surface area contributed by atoms with Crippen molar-refractivity contribution in [3.05, 3.63) is 53.5 Å². The van der Waals surface area contributed by atoms with Crippen LogP contribution in [0.25, 0.3) is 10.9 Å². The highest BCUT2D eigenvalue weighted by atomic mass is 32.2. The predicted molar refractivity (Wildman–Crippen MR) is 111 cm³/mol. The Balaban J connectivity index is 1.38. The van der Waals surface area contributed by atoms with Gasteiger partial charge in [-0.3, -0.25) is 4.79 Å². The average molecular weight is 418 g/mol. The van der Waals surface area contributed by atoms with Crippen LogP contribution in [0.2, 0.25) is 0 Å². The highest BCUT2D eigenvalue weighted by Crippen LogP contribution is 2.33. The first-order valence-electron chi connectivity index (χ1n) is 9.30. The summed E-state index contributed by atoms with van der Waals surface area (Å²) in [5.41, 5.74) is 2.44. The number of likely N-dealkylation sites (N-methyl/N-ethyl adjacent to an activating group) is 1. The van der Waals surface area contributed by atoms with Crippen molar-refractivity contribution in [2.75, 3.05) is 26.7 Å². The van der Waals surface area contributed by atoms with Crippen LogP contribution in [0.15, 0.2) is 52.2 Å². The average Bonchev–Trinajstić information content (AvgIpc) is 3.38. The number of likely N-dealkylation sites (tertiary alicyclic amines) is 1. The number of fused-ring (bicyclic) bond motifs is 1. The number of carbonyl (C=O) groups excluding carboxylic acids is 1. The summed E-state index contributed by atoms with van der Waals surface area (Å²) in [4.78, 5) is 17.8. The number of thiophene rings is 1. The SMILES string of the molecule is CN(CC(=O)N1CCC(c2c[nH]c3ccccc23)CC1)S(=O)(=O)c1cccs1. The number of nitrogens with zero attached hydrogens (tertiary/aromatic N) is 2.